The molecule has 0 aromatic heterocycles. The van der Waals surface area contributed by atoms with E-state index in [1.165, 1.54) is 12.8 Å². The van der Waals surface area contributed by atoms with Gasteiger partial charge in [0.05, 0.1) is 0 Å². The highest BCUT2D eigenvalue weighted by molar-refractivity contribution is 5.83. The molecule has 2 atom stereocenters. The highest BCUT2D eigenvalue weighted by Crippen LogP contribution is 2.40. The average molecular weight is 169 g/mol. The third-order valence-corrected chi connectivity index (χ3v) is 3.34. The SMILES string of the molecule is CC(=O)C1(C)CCCC1N(C)C. The number of nitrogens with zero attached hydrogens (tertiary/aromatic N) is 1. The third kappa shape index (κ3) is 1.40. The van der Waals surface area contributed by atoms with E-state index in [1.807, 2.05) is 0 Å². The van der Waals surface area contributed by atoms with E-state index < -0.39 is 0 Å². The predicted octanol–water partition coefficient (Wildman–Crippen LogP) is 1.70. The van der Waals surface area contributed by atoms with Gasteiger partial charge in [-0.25, -0.2) is 0 Å². The molecule has 1 aliphatic rings. The van der Waals surface area contributed by atoms with Crippen LogP contribution in [0.3, 0.4) is 0 Å². The average Bonchev–Trinajstić information content (AvgIpc) is 2.32. The fourth-order valence-corrected chi connectivity index (χ4v) is 2.39. The van der Waals surface area contributed by atoms with E-state index in [0.29, 0.717) is 11.8 Å². The van der Waals surface area contributed by atoms with Gasteiger partial charge in [0, 0.05) is 11.5 Å². The molecule has 0 aliphatic heterocycles. The lowest BCUT2D eigenvalue weighted by Gasteiger charge is -2.33. The summed E-state index contributed by atoms with van der Waals surface area (Å²) < 4.78 is 0. The number of hydrogen-bond donors (Lipinski definition) is 0. The fraction of sp³-hybridized carbons (Fsp3) is 0.900. The van der Waals surface area contributed by atoms with Crippen LogP contribution in [0.15, 0.2) is 0 Å². The summed E-state index contributed by atoms with van der Waals surface area (Å²) in [5, 5.41) is 0. The highest BCUT2D eigenvalue weighted by atomic mass is 16.1. The van der Waals surface area contributed by atoms with Crippen molar-refractivity contribution in [3.63, 3.8) is 0 Å². The van der Waals surface area contributed by atoms with E-state index in [-0.39, 0.29) is 5.41 Å². The number of hydrogen-bond acceptors (Lipinski definition) is 2. The highest BCUT2D eigenvalue weighted by Gasteiger charge is 2.43. The van der Waals surface area contributed by atoms with Gasteiger partial charge in [0.1, 0.15) is 5.78 Å². The van der Waals surface area contributed by atoms with Crippen LogP contribution < -0.4 is 0 Å². The van der Waals surface area contributed by atoms with E-state index in [1.54, 1.807) is 6.92 Å². The van der Waals surface area contributed by atoms with Crippen molar-refractivity contribution in [2.45, 2.75) is 39.2 Å². The van der Waals surface area contributed by atoms with Crippen LogP contribution in [-0.4, -0.2) is 30.8 Å². The summed E-state index contributed by atoms with van der Waals surface area (Å²) >= 11 is 0. The Hall–Kier alpha value is -0.370. The second-order valence-electron chi connectivity index (χ2n) is 4.35. The molecule has 0 bridgehead atoms. The summed E-state index contributed by atoms with van der Waals surface area (Å²) in [5.41, 5.74) is -0.0799. The molecule has 2 nitrogen and oxygen atoms in total. The van der Waals surface area contributed by atoms with E-state index in [2.05, 4.69) is 25.9 Å². The van der Waals surface area contributed by atoms with Crippen LogP contribution in [0.25, 0.3) is 0 Å². The Bertz CT molecular complexity index is 188. The van der Waals surface area contributed by atoms with Crippen molar-refractivity contribution in [1.29, 1.82) is 0 Å². The molecular weight excluding hydrogens is 150 g/mol. The molecular formula is C10H19NO. The zero-order valence-corrected chi connectivity index (χ0v) is 8.55. The molecule has 1 aliphatic carbocycles. The Morgan fingerprint density at radius 1 is 1.50 bits per heavy atom. The van der Waals surface area contributed by atoms with Gasteiger partial charge in [0.25, 0.3) is 0 Å². The van der Waals surface area contributed by atoms with Crippen molar-refractivity contribution < 1.29 is 4.79 Å². The molecule has 0 saturated heterocycles. The van der Waals surface area contributed by atoms with Crippen molar-refractivity contribution in [3.8, 4) is 0 Å². The van der Waals surface area contributed by atoms with Crippen molar-refractivity contribution in [2.75, 3.05) is 14.1 Å². The molecule has 0 radical (unpaired) electrons. The van der Waals surface area contributed by atoms with E-state index in [0.717, 1.165) is 6.42 Å². The van der Waals surface area contributed by atoms with Gasteiger partial charge in [0.2, 0.25) is 0 Å². The molecule has 70 valence electrons. The van der Waals surface area contributed by atoms with Crippen molar-refractivity contribution in [1.82, 2.24) is 4.90 Å². The van der Waals surface area contributed by atoms with Crippen molar-refractivity contribution in [3.05, 3.63) is 0 Å². The molecule has 0 spiro atoms. The molecule has 1 fully saturated rings. The van der Waals surface area contributed by atoms with Crippen LogP contribution in [0.4, 0.5) is 0 Å². The van der Waals surface area contributed by atoms with Crippen molar-refractivity contribution >= 4 is 5.78 Å². The number of carbonyl (C=O) groups excluding carboxylic acids is 1. The van der Waals surface area contributed by atoms with E-state index in [4.69, 9.17) is 0 Å². The quantitative estimate of drug-likeness (QED) is 0.627. The number of rotatable bonds is 2. The lowest BCUT2D eigenvalue weighted by atomic mass is 9.80. The lowest BCUT2D eigenvalue weighted by molar-refractivity contribution is -0.127. The Kier molecular flexibility index (Phi) is 2.57. The van der Waals surface area contributed by atoms with Gasteiger partial charge in [-0.15, -0.1) is 0 Å². The van der Waals surface area contributed by atoms with Gasteiger partial charge >= 0.3 is 0 Å². The summed E-state index contributed by atoms with van der Waals surface area (Å²) in [5.74, 6) is 0.346. The molecule has 1 saturated carbocycles. The van der Waals surface area contributed by atoms with Crippen LogP contribution in [0.5, 0.6) is 0 Å². The van der Waals surface area contributed by atoms with Crippen LogP contribution >= 0.6 is 0 Å². The second-order valence-corrected chi connectivity index (χ2v) is 4.35. The second kappa shape index (κ2) is 3.17. The minimum atomic E-state index is -0.0799. The topological polar surface area (TPSA) is 20.3 Å². The first-order valence-electron chi connectivity index (χ1n) is 4.66. The maximum Gasteiger partial charge on any atom is 0.137 e. The standard InChI is InChI=1S/C10H19NO/c1-8(12)10(2)7-5-6-9(10)11(3)4/h9H,5-7H2,1-4H3. The monoisotopic (exact) mass is 169 g/mol. The molecule has 0 aromatic rings. The summed E-state index contributed by atoms with van der Waals surface area (Å²) in [7, 11) is 4.13. The van der Waals surface area contributed by atoms with Crippen LogP contribution in [0, 0.1) is 5.41 Å². The Labute approximate surface area is 74.9 Å². The van der Waals surface area contributed by atoms with Crippen LogP contribution in [0.1, 0.15) is 33.1 Å². The normalized spacial score (nSPS) is 35.9. The smallest absolute Gasteiger partial charge is 0.137 e. The fourth-order valence-electron chi connectivity index (χ4n) is 2.39. The summed E-state index contributed by atoms with van der Waals surface area (Å²) in [6.07, 6.45) is 3.42. The van der Waals surface area contributed by atoms with Gasteiger partial charge in [-0.2, -0.15) is 0 Å². The molecule has 0 aromatic carbocycles. The molecule has 2 heteroatoms. The maximum absolute atomic E-state index is 11.5. The molecule has 0 amide bonds. The largest absolute Gasteiger partial charge is 0.305 e. The van der Waals surface area contributed by atoms with Crippen LogP contribution in [-0.2, 0) is 4.79 Å². The van der Waals surface area contributed by atoms with Gasteiger partial charge in [-0.3, -0.25) is 4.79 Å². The third-order valence-electron chi connectivity index (χ3n) is 3.34. The Morgan fingerprint density at radius 2 is 2.08 bits per heavy atom. The van der Waals surface area contributed by atoms with Gasteiger partial charge < -0.3 is 4.90 Å². The zero-order chi connectivity index (χ0) is 9.35. The molecule has 2 unspecified atom stereocenters. The minimum Gasteiger partial charge on any atom is -0.305 e. The number of carbonyl (C=O) groups is 1. The summed E-state index contributed by atoms with van der Waals surface area (Å²) in [6, 6.07) is 0.454. The number of ketones is 1. The Balaban J connectivity index is 2.81. The maximum atomic E-state index is 11.5. The first-order chi connectivity index (χ1) is 5.48. The first-order valence-corrected chi connectivity index (χ1v) is 4.66. The Morgan fingerprint density at radius 3 is 2.42 bits per heavy atom. The lowest BCUT2D eigenvalue weighted by Crippen LogP contribution is -2.42. The summed E-state index contributed by atoms with van der Waals surface area (Å²) in [6.45, 7) is 3.83. The zero-order valence-electron chi connectivity index (χ0n) is 8.55. The molecule has 1 rings (SSSR count). The van der Waals surface area contributed by atoms with Crippen molar-refractivity contribution in [2.24, 2.45) is 5.41 Å². The molecule has 12 heavy (non-hydrogen) atoms. The first kappa shape index (κ1) is 9.72. The van der Waals surface area contributed by atoms with Gasteiger partial charge in [0.15, 0.2) is 0 Å². The van der Waals surface area contributed by atoms with Gasteiger partial charge in [-0.1, -0.05) is 13.3 Å². The van der Waals surface area contributed by atoms with E-state index >= 15 is 0 Å². The minimum absolute atomic E-state index is 0.0799. The summed E-state index contributed by atoms with van der Waals surface area (Å²) in [4.78, 5) is 13.6. The van der Waals surface area contributed by atoms with Crippen LogP contribution in [0.2, 0.25) is 0 Å². The van der Waals surface area contributed by atoms with E-state index in [9.17, 15) is 4.79 Å². The molecule has 0 N–H and O–H groups in total. The van der Waals surface area contributed by atoms with Gasteiger partial charge in [-0.05, 0) is 33.9 Å². The predicted molar refractivity (Wildman–Crippen MR) is 50.1 cm³/mol. The number of Topliss-reactive ketones (excluding diaryl/α,β-unsaturated/α-hetero) is 1. The molecule has 0 heterocycles.